The van der Waals surface area contributed by atoms with Crippen molar-refractivity contribution in [2.45, 2.75) is 71.1 Å². The zero-order chi connectivity index (χ0) is 20.6. The van der Waals surface area contributed by atoms with Gasteiger partial charge in [-0.1, -0.05) is 5.16 Å². The van der Waals surface area contributed by atoms with Crippen molar-refractivity contribution in [2.75, 3.05) is 13.1 Å². The van der Waals surface area contributed by atoms with Crippen LogP contribution in [-0.4, -0.2) is 45.2 Å². The Hall–Kier alpha value is -2.41. The number of benzene rings is 1. The molecule has 0 bridgehead atoms. The highest BCUT2D eigenvalue weighted by Crippen LogP contribution is 2.41. The summed E-state index contributed by atoms with van der Waals surface area (Å²) < 4.78 is 16.6. The van der Waals surface area contributed by atoms with Crippen LogP contribution in [0.3, 0.4) is 0 Å². The Morgan fingerprint density at radius 2 is 2.00 bits per heavy atom. The van der Waals surface area contributed by atoms with E-state index in [1.807, 2.05) is 12.1 Å². The van der Waals surface area contributed by atoms with Crippen molar-refractivity contribution >= 4 is 5.97 Å². The molecule has 2 aromatic rings. The number of likely N-dealkylation sites (tertiary alicyclic amines) is 1. The highest BCUT2D eigenvalue weighted by molar-refractivity contribution is 5.65. The van der Waals surface area contributed by atoms with Gasteiger partial charge in [0.05, 0.1) is 0 Å². The standard InChI is InChI=1S/C22H29N3O4/c1-15(26)27-14-19-23-20(24-29-19)17-5-6-18-16(13-17)7-8-22(28-18)9-11-25(12-10-22)21(2,3)4/h5-6,13H,7-12,14H2,1-4H3. The predicted molar refractivity (Wildman–Crippen MR) is 107 cm³/mol. The molecule has 1 fully saturated rings. The van der Waals surface area contributed by atoms with Crippen molar-refractivity contribution in [3.8, 4) is 17.1 Å². The molecule has 1 saturated heterocycles. The monoisotopic (exact) mass is 399 g/mol. The number of fused-ring (bicyclic) bond motifs is 1. The van der Waals surface area contributed by atoms with Crippen LogP contribution in [0, 0.1) is 0 Å². The van der Waals surface area contributed by atoms with Crippen LogP contribution in [-0.2, 0) is 22.6 Å². The lowest BCUT2D eigenvalue weighted by atomic mass is 9.81. The summed E-state index contributed by atoms with van der Waals surface area (Å²) in [6.07, 6.45) is 4.15. The van der Waals surface area contributed by atoms with Crippen LogP contribution in [0.25, 0.3) is 11.4 Å². The Morgan fingerprint density at radius 3 is 2.69 bits per heavy atom. The van der Waals surface area contributed by atoms with E-state index < -0.39 is 0 Å². The molecule has 0 unspecified atom stereocenters. The van der Waals surface area contributed by atoms with E-state index >= 15 is 0 Å². The fourth-order valence-electron chi connectivity index (χ4n) is 4.19. The molecule has 0 aliphatic carbocycles. The molecule has 0 radical (unpaired) electrons. The van der Waals surface area contributed by atoms with Gasteiger partial charge in [0.1, 0.15) is 11.4 Å². The quantitative estimate of drug-likeness (QED) is 0.727. The molecule has 1 aromatic heterocycles. The molecule has 7 heteroatoms. The lowest BCUT2D eigenvalue weighted by Crippen LogP contribution is -2.54. The third-order valence-electron chi connectivity index (χ3n) is 5.99. The minimum atomic E-state index is -0.377. The van der Waals surface area contributed by atoms with Crippen LogP contribution < -0.4 is 4.74 Å². The third-order valence-corrected chi connectivity index (χ3v) is 5.99. The van der Waals surface area contributed by atoms with Gasteiger partial charge < -0.3 is 14.0 Å². The maximum atomic E-state index is 10.9. The molecular formula is C22H29N3O4. The first kappa shape index (κ1) is 19.9. The molecule has 29 heavy (non-hydrogen) atoms. The van der Waals surface area contributed by atoms with E-state index in [0.717, 1.165) is 50.1 Å². The molecule has 1 spiro atoms. The van der Waals surface area contributed by atoms with Gasteiger partial charge in [0.25, 0.3) is 5.89 Å². The van der Waals surface area contributed by atoms with Gasteiger partial charge in [0.15, 0.2) is 6.61 Å². The Morgan fingerprint density at radius 1 is 1.24 bits per heavy atom. The van der Waals surface area contributed by atoms with Gasteiger partial charge in [-0.2, -0.15) is 4.98 Å². The van der Waals surface area contributed by atoms with Gasteiger partial charge in [-0.15, -0.1) is 0 Å². The molecule has 4 rings (SSSR count). The zero-order valence-electron chi connectivity index (χ0n) is 17.7. The number of carbonyl (C=O) groups is 1. The summed E-state index contributed by atoms with van der Waals surface area (Å²) in [7, 11) is 0. The topological polar surface area (TPSA) is 77.7 Å². The Balaban J connectivity index is 1.45. The van der Waals surface area contributed by atoms with Crippen LogP contribution in [0.1, 0.15) is 58.4 Å². The van der Waals surface area contributed by atoms with Crippen LogP contribution in [0.4, 0.5) is 0 Å². The first-order valence-corrected chi connectivity index (χ1v) is 10.3. The number of nitrogens with zero attached hydrogens (tertiary/aromatic N) is 3. The normalized spacial score (nSPS) is 18.9. The van der Waals surface area contributed by atoms with Crippen LogP contribution in [0.5, 0.6) is 5.75 Å². The summed E-state index contributed by atoms with van der Waals surface area (Å²) in [5, 5.41) is 4.00. The van der Waals surface area contributed by atoms with E-state index in [0.29, 0.717) is 5.82 Å². The largest absolute Gasteiger partial charge is 0.487 e. The van der Waals surface area contributed by atoms with Crippen molar-refractivity contribution in [2.24, 2.45) is 0 Å². The van der Waals surface area contributed by atoms with Crippen molar-refractivity contribution in [1.82, 2.24) is 15.0 Å². The predicted octanol–water partition coefficient (Wildman–Crippen LogP) is 3.76. The van der Waals surface area contributed by atoms with Crippen LogP contribution in [0.15, 0.2) is 22.7 Å². The van der Waals surface area contributed by atoms with Crippen molar-refractivity contribution in [1.29, 1.82) is 0 Å². The molecule has 1 aromatic carbocycles. The highest BCUT2D eigenvalue weighted by Gasteiger charge is 2.41. The molecule has 3 heterocycles. The fraction of sp³-hybridized carbons (Fsp3) is 0.591. The summed E-state index contributed by atoms with van der Waals surface area (Å²) >= 11 is 0. The van der Waals surface area contributed by atoms with Crippen molar-refractivity contribution < 1.29 is 18.8 Å². The Kier molecular flexibility index (Phi) is 5.11. The van der Waals surface area contributed by atoms with Gasteiger partial charge in [-0.25, -0.2) is 0 Å². The SMILES string of the molecule is CC(=O)OCc1nc(-c2ccc3c(c2)CCC2(CCN(C(C)(C)C)CC2)O3)no1. The van der Waals surface area contributed by atoms with Crippen molar-refractivity contribution in [3.63, 3.8) is 0 Å². The Bertz CT molecular complexity index is 892. The first-order chi connectivity index (χ1) is 13.7. The summed E-state index contributed by atoms with van der Waals surface area (Å²) in [6, 6.07) is 6.05. The maximum absolute atomic E-state index is 10.9. The number of hydrogen-bond acceptors (Lipinski definition) is 7. The van der Waals surface area contributed by atoms with Gasteiger partial charge in [0.2, 0.25) is 5.82 Å². The number of rotatable bonds is 3. The van der Waals surface area contributed by atoms with E-state index in [4.69, 9.17) is 14.0 Å². The second-order valence-electron chi connectivity index (χ2n) is 9.06. The summed E-state index contributed by atoms with van der Waals surface area (Å²) in [5.41, 5.74) is 2.23. The third kappa shape index (κ3) is 4.29. The zero-order valence-corrected chi connectivity index (χ0v) is 17.7. The number of aromatic nitrogens is 2. The van der Waals surface area contributed by atoms with Crippen molar-refractivity contribution in [3.05, 3.63) is 29.7 Å². The van der Waals surface area contributed by atoms with Gasteiger partial charge in [0, 0.05) is 31.1 Å². The van der Waals surface area contributed by atoms with E-state index in [2.05, 4.69) is 41.9 Å². The average molecular weight is 399 g/mol. The van der Waals surface area contributed by atoms with Crippen LogP contribution in [0.2, 0.25) is 0 Å². The smallest absolute Gasteiger partial charge is 0.303 e. The molecular weight excluding hydrogens is 370 g/mol. The fourth-order valence-corrected chi connectivity index (χ4v) is 4.19. The molecule has 2 aliphatic heterocycles. The van der Waals surface area contributed by atoms with E-state index in [9.17, 15) is 4.79 Å². The number of aryl methyl sites for hydroxylation is 1. The van der Waals surface area contributed by atoms with E-state index in [1.165, 1.54) is 12.5 Å². The van der Waals surface area contributed by atoms with Gasteiger partial charge >= 0.3 is 5.97 Å². The number of esters is 1. The molecule has 7 nitrogen and oxygen atoms in total. The first-order valence-electron chi connectivity index (χ1n) is 10.3. The number of ether oxygens (including phenoxy) is 2. The highest BCUT2D eigenvalue weighted by atomic mass is 16.6. The van der Waals surface area contributed by atoms with Gasteiger partial charge in [-0.3, -0.25) is 9.69 Å². The summed E-state index contributed by atoms with van der Waals surface area (Å²) in [6.45, 7) is 10.3. The number of carbonyl (C=O) groups excluding carboxylic acids is 1. The summed E-state index contributed by atoms with van der Waals surface area (Å²) in [4.78, 5) is 17.8. The molecule has 0 amide bonds. The van der Waals surface area contributed by atoms with Gasteiger partial charge in [-0.05, 0) is 70.2 Å². The summed E-state index contributed by atoms with van der Waals surface area (Å²) in [5.74, 6) is 1.37. The number of hydrogen-bond donors (Lipinski definition) is 0. The lowest BCUT2D eigenvalue weighted by molar-refractivity contribution is -0.143. The average Bonchev–Trinajstić information content (AvgIpc) is 3.15. The van der Waals surface area contributed by atoms with E-state index in [-0.39, 0.29) is 29.6 Å². The lowest BCUT2D eigenvalue weighted by Gasteiger charge is -2.48. The molecule has 0 atom stereocenters. The minimum Gasteiger partial charge on any atom is -0.487 e. The Labute approximate surface area is 171 Å². The minimum absolute atomic E-state index is 0.00944. The maximum Gasteiger partial charge on any atom is 0.303 e. The second-order valence-corrected chi connectivity index (χ2v) is 9.06. The molecule has 2 aliphatic rings. The number of piperidine rings is 1. The second kappa shape index (κ2) is 7.44. The molecule has 156 valence electrons. The van der Waals surface area contributed by atoms with Crippen LogP contribution >= 0.6 is 0 Å². The van der Waals surface area contributed by atoms with E-state index in [1.54, 1.807) is 0 Å². The molecule has 0 saturated carbocycles. The molecule has 0 N–H and O–H groups in total.